The summed E-state index contributed by atoms with van der Waals surface area (Å²) in [7, 11) is -3.73. The SMILES string of the molecule is CCOc1ccc(S(=O)(=O)NCC2CCN(CCc3ccccc3)CC2)cc1F. The first kappa shape index (κ1) is 21.7. The average Bonchev–Trinajstić information content (AvgIpc) is 2.74. The van der Waals surface area contributed by atoms with Gasteiger partial charge in [-0.1, -0.05) is 30.3 Å². The Labute approximate surface area is 172 Å². The highest BCUT2D eigenvalue weighted by Gasteiger charge is 2.22. The molecule has 5 nitrogen and oxygen atoms in total. The Bertz CT molecular complexity index is 882. The molecule has 29 heavy (non-hydrogen) atoms. The van der Waals surface area contributed by atoms with Gasteiger partial charge in [0.15, 0.2) is 11.6 Å². The third-order valence-corrected chi connectivity index (χ3v) is 6.76. The fourth-order valence-electron chi connectivity index (χ4n) is 3.58. The quantitative estimate of drug-likeness (QED) is 0.675. The second-order valence-electron chi connectivity index (χ2n) is 7.40. The third-order valence-electron chi connectivity index (χ3n) is 5.34. The van der Waals surface area contributed by atoms with E-state index in [1.54, 1.807) is 6.92 Å². The first-order valence-electron chi connectivity index (χ1n) is 10.2. The number of hydrogen-bond donors (Lipinski definition) is 1. The van der Waals surface area contributed by atoms with Crippen LogP contribution >= 0.6 is 0 Å². The maximum absolute atomic E-state index is 14.0. The Morgan fingerprint density at radius 2 is 1.86 bits per heavy atom. The zero-order chi connectivity index (χ0) is 20.7. The van der Waals surface area contributed by atoms with Gasteiger partial charge in [0.05, 0.1) is 11.5 Å². The minimum absolute atomic E-state index is 0.0642. The van der Waals surface area contributed by atoms with Crippen molar-refractivity contribution in [1.29, 1.82) is 0 Å². The van der Waals surface area contributed by atoms with Crippen molar-refractivity contribution >= 4 is 10.0 Å². The molecule has 0 atom stereocenters. The zero-order valence-corrected chi connectivity index (χ0v) is 17.6. The van der Waals surface area contributed by atoms with Crippen LogP contribution in [0.3, 0.4) is 0 Å². The number of benzene rings is 2. The lowest BCUT2D eigenvalue weighted by Gasteiger charge is -2.32. The number of nitrogens with zero attached hydrogens (tertiary/aromatic N) is 1. The molecular formula is C22H29FN2O3S. The van der Waals surface area contributed by atoms with E-state index in [1.165, 1.54) is 17.7 Å². The lowest BCUT2D eigenvalue weighted by Crippen LogP contribution is -2.39. The summed E-state index contributed by atoms with van der Waals surface area (Å²) < 4.78 is 46.7. The summed E-state index contributed by atoms with van der Waals surface area (Å²) in [6, 6.07) is 14.2. The molecule has 0 radical (unpaired) electrons. The number of sulfonamides is 1. The van der Waals surface area contributed by atoms with Gasteiger partial charge in [-0.3, -0.25) is 0 Å². The molecule has 1 heterocycles. The predicted octanol–water partition coefficient (Wildman–Crippen LogP) is 3.46. The van der Waals surface area contributed by atoms with Gasteiger partial charge in [-0.25, -0.2) is 17.5 Å². The zero-order valence-electron chi connectivity index (χ0n) is 16.8. The predicted molar refractivity (Wildman–Crippen MR) is 112 cm³/mol. The number of rotatable bonds is 9. The summed E-state index contributed by atoms with van der Waals surface area (Å²) >= 11 is 0. The van der Waals surface area contributed by atoms with E-state index in [9.17, 15) is 12.8 Å². The molecule has 1 saturated heterocycles. The molecule has 1 N–H and O–H groups in total. The first-order chi connectivity index (χ1) is 14.0. The van der Waals surface area contributed by atoms with E-state index in [0.29, 0.717) is 19.1 Å². The number of piperidine rings is 1. The Balaban J connectivity index is 1.45. The van der Waals surface area contributed by atoms with E-state index in [4.69, 9.17) is 4.74 Å². The van der Waals surface area contributed by atoms with Gasteiger partial charge in [-0.05, 0) is 69.0 Å². The van der Waals surface area contributed by atoms with Crippen LogP contribution < -0.4 is 9.46 Å². The Morgan fingerprint density at radius 1 is 1.14 bits per heavy atom. The highest BCUT2D eigenvalue weighted by Crippen LogP contribution is 2.22. The highest BCUT2D eigenvalue weighted by molar-refractivity contribution is 7.89. The maximum atomic E-state index is 14.0. The molecule has 0 aromatic heterocycles. The third kappa shape index (κ3) is 6.26. The summed E-state index contributed by atoms with van der Waals surface area (Å²) in [4.78, 5) is 2.36. The van der Waals surface area contributed by atoms with Crippen LogP contribution in [-0.2, 0) is 16.4 Å². The van der Waals surface area contributed by atoms with Crippen molar-refractivity contribution in [2.24, 2.45) is 5.92 Å². The number of halogens is 1. The van der Waals surface area contributed by atoms with E-state index in [2.05, 4.69) is 33.9 Å². The second kappa shape index (κ2) is 10.2. The number of likely N-dealkylation sites (tertiary alicyclic amines) is 1. The number of nitrogens with one attached hydrogen (secondary N) is 1. The first-order valence-corrected chi connectivity index (χ1v) is 11.6. The molecule has 1 aliphatic heterocycles. The minimum atomic E-state index is -3.73. The molecule has 2 aromatic carbocycles. The lowest BCUT2D eigenvalue weighted by molar-refractivity contribution is 0.187. The molecule has 1 fully saturated rings. The highest BCUT2D eigenvalue weighted by atomic mass is 32.2. The van der Waals surface area contributed by atoms with Gasteiger partial charge in [0, 0.05) is 13.1 Å². The maximum Gasteiger partial charge on any atom is 0.240 e. The van der Waals surface area contributed by atoms with Gasteiger partial charge in [0.1, 0.15) is 0 Å². The summed E-state index contributed by atoms with van der Waals surface area (Å²) in [5.41, 5.74) is 1.34. The summed E-state index contributed by atoms with van der Waals surface area (Å²) in [6.07, 6.45) is 2.94. The van der Waals surface area contributed by atoms with E-state index in [0.717, 1.165) is 45.0 Å². The van der Waals surface area contributed by atoms with Gasteiger partial charge in [-0.2, -0.15) is 0 Å². The molecule has 0 unspecified atom stereocenters. The fraction of sp³-hybridized carbons (Fsp3) is 0.455. The van der Waals surface area contributed by atoms with E-state index in [1.807, 2.05) is 6.07 Å². The van der Waals surface area contributed by atoms with Crippen LogP contribution in [0.5, 0.6) is 5.75 Å². The average molecular weight is 421 g/mol. The Hall–Kier alpha value is -1.96. The summed E-state index contributed by atoms with van der Waals surface area (Å²) in [5, 5.41) is 0. The van der Waals surface area contributed by atoms with Crippen LogP contribution in [0, 0.1) is 11.7 Å². The van der Waals surface area contributed by atoms with Crippen molar-refractivity contribution in [1.82, 2.24) is 9.62 Å². The van der Waals surface area contributed by atoms with E-state index >= 15 is 0 Å². The summed E-state index contributed by atoms with van der Waals surface area (Å²) in [5.74, 6) is -0.305. The van der Waals surface area contributed by atoms with Crippen LogP contribution in [0.4, 0.5) is 4.39 Å². The van der Waals surface area contributed by atoms with Crippen molar-refractivity contribution in [3.8, 4) is 5.75 Å². The summed E-state index contributed by atoms with van der Waals surface area (Å²) in [6.45, 7) is 5.41. The Kier molecular flexibility index (Phi) is 7.64. The van der Waals surface area contributed by atoms with Gasteiger partial charge >= 0.3 is 0 Å². The van der Waals surface area contributed by atoms with E-state index in [-0.39, 0.29) is 10.6 Å². The van der Waals surface area contributed by atoms with Crippen LogP contribution in [0.15, 0.2) is 53.4 Å². The largest absolute Gasteiger partial charge is 0.491 e. The monoisotopic (exact) mass is 420 g/mol. The minimum Gasteiger partial charge on any atom is -0.491 e. The molecule has 0 aliphatic carbocycles. The van der Waals surface area contributed by atoms with E-state index < -0.39 is 15.8 Å². The normalized spacial score (nSPS) is 16.1. The number of ether oxygens (including phenoxy) is 1. The molecule has 0 amide bonds. The molecular weight excluding hydrogens is 391 g/mol. The van der Waals surface area contributed by atoms with Crippen molar-refractivity contribution in [3.05, 3.63) is 59.9 Å². The molecule has 7 heteroatoms. The lowest BCUT2D eigenvalue weighted by atomic mass is 9.97. The van der Waals surface area contributed by atoms with Crippen molar-refractivity contribution in [3.63, 3.8) is 0 Å². The second-order valence-corrected chi connectivity index (χ2v) is 9.16. The molecule has 0 saturated carbocycles. The molecule has 3 rings (SSSR count). The van der Waals surface area contributed by atoms with Crippen LogP contribution in [0.1, 0.15) is 25.3 Å². The Morgan fingerprint density at radius 3 is 2.52 bits per heavy atom. The van der Waals surface area contributed by atoms with Crippen LogP contribution in [0.25, 0.3) is 0 Å². The molecule has 0 spiro atoms. The smallest absolute Gasteiger partial charge is 0.240 e. The van der Waals surface area contributed by atoms with Gasteiger partial charge < -0.3 is 9.64 Å². The fourth-order valence-corrected chi connectivity index (χ4v) is 4.71. The van der Waals surface area contributed by atoms with Crippen molar-refractivity contribution in [2.45, 2.75) is 31.1 Å². The van der Waals surface area contributed by atoms with Gasteiger partial charge in [-0.15, -0.1) is 0 Å². The van der Waals surface area contributed by atoms with Crippen LogP contribution in [0.2, 0.25) is 0 Å². The van der Waals surface area contributed by atoms with Crippen LogP contribution in [-0.4, -0.2) is 46.1 Å². The topological polar surface area (TPSA) is 58.6 Å². The molecule has 2 aromatic rings. The molecule has 1 aliphatic rings. The van der Waals surface area contributed by atoms with Gasteiger partial charge in [0.2, 0.25) is 10.0 Å². The molecule has 0 bridgehead atoms. The molecule has 158 valence electrons. The number of hydrogen-bond acceptors (Lipinski definition) is 4. The standard InChI is InChI=1S/C22H29FN2O3S/c1-2-28-22-9-8-20(16-21(22)23)29(26,27)24-17-19-11-14-25(15-12-19)13-10-18-6-4-3-5-7-18/h3-9,16,19,24H,2,10-15,17H2,1H3. The van der Waals surface area contributed by atoms with Crippen molar-refractivity contribution in [2.75, 3.05) is 32.8 Å². The van der Waals surface area contributed by atoms with Gasteiger partial charge in [0.25, 0.3) is 0 Å². The van der Waals surface area contributed by atoms with Crippen molar-refractivity contribution < 1.29 is 17.5 Å².